The maximum absolute atomic E-state index is 13.2. The molecular formula is C21H28N2O3S. The van der Waals surface area contributed by atoms with Gasteiger partial charge in [0, 0.05) is 19.7 Å². The van der Waals surface area contributed by atoms with Gasteiger partial charge in [-0.3, -0.25) is 9.52 Å². The van der Waals surface area contributed by atoms with Gasteiger partial charge in [0.2, 0.25) is 0 Å². The highest BCUT2D eigenvalue weighted by atomic mass is 32.2. The lowest BCUT2D eigenvalue weighted by Crippen LogP contribution is -2.22. The van der Waals surface area contributed by atoms with Crippen molar-refractivity contribution in [3.63, 3.8) is 0 Å². The lowest BCUT2D eigenvalue weighted by molar-refractivity contribution is 0.0827. The van der Waals surface area contributed by atoms with E-state index in [0.717, 1.165) is 33.4 Å². The van der Waals surface area contributed by atoms with Crippen LogP contribution in [0.3, 0.4) is 0 Å². The number of benzene rings is 2. The second-order valence-electron chi connectivity index (χ2n) is 7.29. The minimum Gasteiger partial charge on any atom is -0.345 e. The quantitative estimate of drug-likeness (QED) is 0.860. The van der Waals surface area contributed by atoms with Gasteiger partial charge in [0.1, 0.15) is 0 Å². The van der Waals surface area contributed by atoms with E-state index >= 15 is 0 Å². The van der Waals surface area contributed by atoms with E-state index in [2.05, 4.69) is 4.72 Å². The Morgan fingerprint density at radius 3 is 1.81 bits per heavy atom. The standard InChI is InChI=1S/C21H28N2O3S/c1-12-9-10-18(21(24)23(7)8)11-19(12)22-27(25,26)20-16(5)14(3)13(2)15(4)17(20)6/h9-11,22H,1-8H3. The molecule has 0 atom stereocenters. The topological polar surface area (TPSA) is 66.5 Å². The molecule has 0 bridgehead atoms. The Morgan fingerprint density at radius 2 is 1.33 bits per heavy atom. The average Bonchev–Trinajstić information content (AvgIpc) is 2.59. The van der Waals surface area contributed by atoms with Gasteiger partial charge in [-0.1, -0.05) is 6.07 Å². The number of hydrogen-bond donors (Lipinski definition) is 1. The van der Waals surface area contributed by atoms with Crippen LogP contribution in [0.15, 0.2) is 23.1 Å². The number of rotatable bonds is 4. The Balaban J connectivity index is 2.59. The molecule has 0 unspecified atom stereocenters. The zero-order chi connectivity index (χ0) is 20.7. The van der Waals surface area contributed by atoms with Crippen LogP contribution in [0.4, 0.5) is 5.69 Å². The fourth-order valence-corrected chi connectivity index (χ4v) is 4.91. The van der Waals surface area contributed by atoms with Crippen LogP contribution in [0, 0.1) is 41.5 Å². The fourth-order valence-electron chi connectivity index (χ4n) is 3.19. The molecule has 0 radical (unpaired) electrons. The van der Waals surface area contributed by atoms with E-state index in [1.165, 1.54) is 4.90 Å². The summed E-state index contributed by atoms with van der Waals surface area (Å²) in [7, 11) is -0.470. The lowest BCUT2D eigenvalue weighted by atomic mass is 9.95. The first-order chi connectivity index (χ1) is 12.4. The zero-order valence-corrected chi connectivity index (χ0v) is 18.1. The summed E-state index contributed by atoms with van der Waals surface area (Å²) in [5, 5.41) is 0. The lowest BCUT2D eigenvalue weighted by Gasteiger charge is -2.20. The fraction of sp³-hybridized carbons (Fsp3) is 0.381. The number of aryl methyl sites for hydroxylation is 1. The van der Waals surface area contributed by atoms with Crippen molar-refractivity contribution in [2.24, 2.45) is 0 Å². The predicted octanol–water partition coefficient (Wildman–Crippen LogP) is 4.04. The van der Waals surface area contributed by atoms with Gasteiger partial charge in [-0.25, -0.2) is 8.42 Å². The van der Waals surface area contributed by atoms with E-state index in [1.54, 1.807) is 32.3 Å². The highest BCUT2D eigenvalue weighted by Gasteiger charge is 2.24. The Morgan fingerprint density at radius 1 is 0.852 bits per heavy atom. The molecule has 0 saturated heterocycles. The van der Waals surface area contributed by atoms with Crippen LogP contribution in [0.5, 0.6) is 0 Å². The van der Waals surface area contributed by atoms with Crippen LogP contribution in [0.1, 0.15) is 43.7 Å². The number of sulfonamides is 1. The monoisotopic (exact) mass is 388 g/mol. The normalized spacial score (nSPS) is 11.4. The molecule has 0 fully saturated rings. The molecule has 5 nitrogen and oxygen atoms in total. The van der Waals surface area contributed by atoms with Gasteiger partial charge < -0.3 is 4.90 Å². The van der Waals surface area contributed by atoms with Crippen molar-refractivity contribution < 1.29 is 13.2 Å². The average molecular weight is 389 g/mol. The molecule has 1 amide bonds. The maximum atomic E-state index is 13.2. The maximum Gasteiger partial charge on any atom is 0.262 e. The summed E-state index contributed by atoms with van der Waals surface area (Å²) in [6, 6.07) is 5.04. The first-order valence-corrected chi connectivity index (χ1v) is 10.3. The third-order valence-corrected chi connectivity index (χ3v) is 6.97. The number of nitrogens with zero attached hydrogens (tertiary/aromatic N) is 1. The molecule has 0 heterocycles. The molecular weight excluding hydrogens is 360 g/mol. The number of hydrogen-bond acceptors (Lipinski definition) is 3. The van der Waals surface area contributed by atoms with Crippen molar-refractivity contribution in [2.75, 3.05) is 18.8 Å². The van der Waals surface area contributed by atoms with E-state index in [9.17, 15) is 13.2 Å². The summed E-state index contributed by atoms with van der Waals surface area (Å²) >= 11 is 0. The minimum absolute atomic E-state index is 0.176. The molecule has 0 aliphatic rings. The second-order valence-corrected chi connectivity index (χ2v) is 8.91. The van der Waals surface area contributed by atoms with E-state index in [1.807, 2.05) is 41.5 Å². The highest BCUT2D eigenvalue weighted by Crippen LogP contribution is 2.31. The van der Waals surface area contributed by atoms with E-state index in [-0.39, 0.29) is 5.91 Å². The first-order valence-electron chi connectivity index (χ1n) is 8.80. The van der Waals surface area contributed by atoms with Gasteiger partial charge in [0.05, 0.1) is 10.6 Å². The van der Waals surface area contributed by atoms with E-state index < -0.39 is 10.0 Å². The molecule has 0 saturated carbocycles. The Bertz CT molecular complexity index is 993. The van der Waals surface area contributed by atoms with E-state index in [0.29, 0.717) is 16.1 Å². The summed E-state index contributed by atoms with van der Waals surface area (Å²) in [5.41, 5.74) is 6.18. The van der Waals surface area contributed by atoms with Crippen LogP contribution in [0.25, 0.3) is 0 Å². The number of carbonyl (C=O) groups excluding carboxylic acids is 1. The SMILES string of the molecule is Cc1ccc(C(=O)N(C)C)cc1NS(=O)(=O)c1c(C)c(C)c(C)c(C)c1C. The number of carbonyl (C=O) groups is 1. The summed E-state index contributed by atoms with van der Waals surface area (Å²) in [4.78, 5) is 14.0. The van der Waals surface area contributed by atoms with Gasteiger partial charge in [-0.15, -0.1) is 0 Å². The highest BCUT2D eigenvalue weighted by molar-refractivity contribution is 7.92. The third kappa shape index (κ3) is 3.86. The molecule has 27 heavy (non-hydrogen) atoms. The summed E-state index contributed by atoms with van der Waals surface area (Å²) in [6.45, 7) is 11.4. The predicted molar refractivity (Wildman–Crippen MR) is 110 cm³/mol. The van der Waals surface area contributed by atoms with Crippen LogP contribution < -0.4 is 4.72 Å². The molecule has 6 heteroatoms. The largest absolute Gasteiger partial charge is 0.345 e. The van der Waals surface area contributed by atoms with Crippen molar-refractivity contribution in [3.05, 3.63) is 57.1 Å². The first kappa shape index (κ1) is 21.0. The van der Waals surface area contributed by atoms with Crippen LogP contribution in [0.2, 0.25) is 0 Å². The van der Waals surface area contributed by atoms with Gasteiger partial charge in [0.25, 0.3) is 15.9 Å². The molecule has 146 valence electrons. The minimum atomic E-state index is -3.80. The van der Waals surface area contributed by atoms with Crippen LogP contribution in [-0.4, -0.2) is 33.3 Å². The summed E-state index contributed by atoms with van der Waals surface area (Å²) in [6.07, 6.45) is 0. The number of amides is 1. The van der Waals surface area contributed by atoms with Crippen molar-refractivity contribution in [1.82, 2.24) is 4.90 Å². The van der Waals surface area contributed by atoms with Crippen molar-refractivity contribution in [1.29, 1.82) is 0 Å². The molecule has 0 aliphatic carbocycles. The number of nitrogens with one attached hydrogen (secondary N) is 1. The van der Waals surface area contributed by atoms with E-state index in [4.69, 9.17) is 0 Å². The Hall–Kier alpha value is -2.34. The molecule has 2 aromatic rings. The molecule has 0 aliphatic heterocycles. The van der Waals surface area contributed by atoms with Crippen LogP contribution in [-0.2, 0) is 10.0 Å². The smallest absolute Gasteiger partial charge is 0.262 e. The van der Waals surface area contributed by atoms with Gasteiger partial charge in [0.15, 0.2) is 0 Å². The van der Waals surface area contributed by atoms with Crippen molar-refractivity contribution in [2.45, 2.75) is 46.4 Å². The number of anilines is 1. The Kier molecular flexibility index (Phi) is 5.71. The summed E-state index contributed by atoms with van der Waals surface area (Å²) < 4.78 is 29.1. The van der Waals surface area contributed by atoms with Gasteiger partial charge >= 0.3 is 0 Å². The molecule has 2 rings (SSSR count). The Labute approximate surface area is 162 Å². The van der Waals surface area contributed by atoms with Crippen molar-refractivity contribution in [3.8, 4) is 0 Å². The van der Waals surface area contributed by atoms with Crippen molar-refractivity contribution >= 4 is 21.6 Å². The molecule has 0 spiro atoms. The van der Waals surface area contributed by atoms with Crippen LogP contribution >= 0.6 is 0 Å². The molecule has 1 N–H and O–H groups in total. The molecule has 0 aromatic heterocycles. The second kappa shape index (κ2) is 7.35. The summed E-state index contributed by atoms with van der Waals surface area (Å²) in [5.74, 6) is -0.176. The zero-order valence-electron chi connectivity index (χ0n) is 17.3. The third-order valence-electron chi connectivity index (χ3n) is 5.33. The van der Waals surface area contributed by atoms with Gasteiger partial charge in [-0.2, -0.15) is 0 Å². The molecule has 2 aromatic carbocycles. The van der Waals surface area contributed by atoms with Gasteiger partial charge in [-0.05, 0) is 87.1 Å².